The van der Waals surface area contributed by atoms with Crippen molar-refractivity contribution < 1.29 is 8.85 Å². The smallest absolute Gasteiger partial charge is 0.253 e. The Labute approximate surface area is 98.3 Å². The molecule has 0 aromatic heterocycles. The lowest BCUT2D eigenvalue weighted by Crippen LogP contribution is -2.72. The molecule has 0 aromatic carbocycles. The van der Waals surface area contributed by atoms with Crippen LogP contribution in [0.5, 0.6) is 0 Å². The molecule has 0 atom stereocenters. The summed E-state index contributed by atoms with van der Waals surface area (Å²) < 4.78 is 14.2. The van der Waals surface area contributed by atoms with Gasteiger partial charge in [-0.15, -0.1) is 0 Å². The normalized spacial score (nSPS) is 14.8. The van der Waals surface area contributed by atoms with Gasteiger partial charge in [0.2, 0.25) is 0 Å². The Morgan fingerprint density at radius 3 is 1.07 bits per heavy atom. The van der Waals surface area contributed by atoms with Gasteiger partial charge in [0.1, 0.15) is 8.24 Å². The van der Waals surface area contributed by atoms with Gasteiger partial charge in [-0.1, -0.05) is 19.6 Å². The third-order valence-corrected chi connectivity index (χ3v) is 18.7. The Hall–Kier alpha value is 0.531. The maximum absolute atomic E-state index is 5.77. The predicted molar refractivity (Wildman–Crippen MR) is 74.2 cm³/mol. The van der Waals surface area contributed by atoms with Crippen LogP contribution in [0, 0.1) is 0 Å². The topological polar surface area (TPSA) is 21.7 Å². The Morgan fingerprint density at radius 2 is 0.933 bits per heavy atom. The molecule has 0 N–H and O–H groups in total. The van der Waals surface area contributed by atoms with Crippen molar-refractivity contribution >= 4 is 25.2 Å². The van der Waals surface area contributed by atoms with E-state index in [1.807, 2.05) is 14.2 Å². The van der Waals surface area contributed by atoms with Crippen molar-refractivity contribution in [1.29, 1.82) is 0 Å². The largest absolute Gasteiger partial charge is 0.407 e. The fraction of sp³-hybridized carbons (Fsp3) is 1.00. The molecule has 6 heteroatoms. The Balaban J connectivity index is 5.27. The second kappa shape index (κ2) is 4.80. The summed E-state index contributed by atoms with van der Waals surface area (Å²) in [5.74, 6) is 0. The van der Waals surface area contributed by atoms with Gasteiger partial charge in [0.15, 0.2) is 0 Å². The summed E-state index contributed by atoms with van der Waals surface area (Å²) in [7, 11) is -1.26. The molecule has 0 aliphatic rings. The van der Waals surface area contributed by atoms with Crippen LogP contribution < -0.4 is 0 Å². The summed E-state index contributed by atoms with van der Waals surface area (Å²) in [5, 5.41) is 0. The number of rotatable bonds is 5. The molecular weight excluding hydrogens is 238 g/mol. The van der Waals surface area contributed by atoms with E-state index in [4.69, 9.17) is 8.85 Å². The summed E-state index contributed by atoms with van der Waals surface area (Å²) in [6, 6.07) is 0. The lowest BCUT2D eigenvalue weighted by atomic mass is 11.8. The van der Waals surface area contributed by atoms with Crippen molar-refractivity contribution in [2.75, 3.05) is 14.2 Å². The van der Waals surface area contributed by atoms with Gasteiger partial charge in [-0.2, -0.15) is 0 Å². The van der Waals surface area contributed by atoms with Crippen LogP contribution >= 0.6 is 0 Å². The highest BCUT2D eigenvalue weighted by Crippen LogP contribution is 2.27. The van der Waals surface area contributed by atoms with Crippen LogP contribution in [0.3, 0.4) is 0 Å². The average molecular weight is 266 g/mol. The lowest BCUT2D eigenvalue weighted by Gasteiger charge is -2.51. The highest BCUT2D eigenvalue weighted by Gasteiger charge is 2.48. The quantitative estimate of drug-likeness (QED) is 0.714. The van der Waals surface area contributed by atoms with Crippen LogP contribution in [0.15, 0.2) is 0 Å². The average Bonchev–Trinajstić information content (AvgIpc) is 2.00. The molecule has 0 saturated carbocycles. The molecule has 0 fully saturated rings. The SMILES string of the molecule is CO[Si](C)(C)N([Si](C)(C)C)[Si](C)(C)OC. The molecule has 0 heterocycles. The molecule has 0 aliphatic carbocycles. The molecular formula is C9H27NO2Si3. The van der Waals surface area contributed by atoms with E-state index in [0.717, 1.165) is 0 Å². The van der Waals surface area contributed by atoms with Crippen molar-refractivity contribution in [2.24, 2.45) is 0 Å². The molecule has 0 saturated heterocycles. The van der Waals surface area contributed by atoms with Crippen molar-refractivity contribution in [1.82, 2.24) is 3.90 Å². The maximum atomic E-state index is 5.77. The van der Waals surface area contributed by atoms with Crippen LogP contribution in [0.2, 0.25) is 45.8 Å². The summed E-state index contributed by atoms with van der Waals surface area (Å²) in [6.07, 6.45) is 0. The summed E-state index contributed by atoms with van der Waals surface area (Å²) in [4.78, 5) is 0. The van der Waals surface area contributed by atoms with E-state index >= 15 is 0 Å². The Bertz CT molecular complexity index is 198. The molecule has 0 radical (unpaired) electrons. The van der Waals surface area contributed by atoms with E-state index in [-0.39, 0.29) is 0 Å². The first-order valence-corrected chi connectivity index (χ1v) is 14.6. The van der Waals surface area contributed by atoms with E-state index in [9.17, 15) is 0 Å². The molecule has 3 nitrogen and oxygen atoms in total. The van der Waals surface area contributed by atoms with Crippen molar-refractivity contribution in [2.45, 2.75) is 45.8 Å². The van der Waals surface area contributed by atoms with E-state index < -0.39 is 25.2 Å². The van der Waals surface area contributed by atoms with Gasteiger partial charge in [-0.25, -0.2) is 0 Å². The van der Waals surface area contributed by atoms with Gasteiger partial charge in [-0.05, 0) is 26.2 Å². The zero-order chi connectivity index (χ0) is 12.5. The number of hydrogen-bond donors (Lipinski definition) is 0. The predicted octanol–water partition coefficient (Wildman–Crippen LogP) is 2.82. The summed E-state index contributed by atoms with van der Waals surface area (Å²) in [6.45, 7) is 16.2. The minimum atomic E-state index is -1.77. The van der Waals surface area contributed by atoms with E-state index in [1.165, 1.54) is 0 Å². The Kier molecular flexibility index (Phi) is 4.97. The first-order valence-electron chi connectivity index (χ1n) is 5.40. The van der Waals surface area contributed by atoms with Gasteiger partial charge < -0.3 is 12.7 Å². The van der Waals surface area contributed by atoms with Gasteiger partial charge >= 0.3 is 0 Å². The molecule has 0 amide bonds. The van der Waals surface area contributed by atoms with Crippen LogP contribution in [-0.4, -0.2) is 43.3 Å². The first-order chi connectivity index (χ1) is 6.49. The molecule has 0 aromatic rings. The molecule has 0 aliphatic heterocycles. The van der Waals surface area contributed by atoms with Crippen LogP contribution in [-0.2, 0) is 8.85 Å². The molecule has 92 valence electrons. The second-order valence-electron chi connectivity index (χ2n) is 5.81. The third kappa shape index (κ3) is 3.79. The highest BCUT2D eigenvalue weighted by atomic mass is 28.5. The van der Waals surface area contributed by atoms with Crippen molar-refractivity contribution in [3.63, 3.8) is 0 Å². The van der Waals surface area contributed by atoms with Crippen molar-refractivity contribution in [3.8, 4) is 0 Å². The summed E-state index contributed by atoms with van der Waals surface area (Å²) >= 11 is 0. The molecule has 0 unspecified atom stereocenters. The number of hydrogen-bond acceptors (Lipinski definition) is 3. The lowest BCUT2D eigenvalue weighted by molar-refractivity contribution is 0.337. The van der Waals surface area contributed by atoms with Gasteiger partial charge in [0.25, 0.3) is 17.0 Å². The van der Waals surface area contributed by atoms with Gasteiger partial charge in [0.05, 0.1) is 0 Å². The fourth-order valence-corrected chi connectivity index (χ4v) is 22.0. The van der Waals surface area contributed by atoms with Gasteiger partial charge in [-0.3, -0.25) is 0 Å². The van der Waals surface area contributed by atoms with Crippen LogP contribution in [0.1, 0.15) is 0 Å². The Morgan fingerprint density at radius 1 is 0.667 bits per heavy atom. The van der Waals surface area contributed by atoms with Crippen LogP contribution in [0.4, 0.5) is 0 Å². The fourth-order valence-electron chi connectivity index (χ4n) is 2.45. The second-order valence-corrected chi connectivity index (χ2v) is 19.4. The molecule has 0 spiro atoms. The third-order valence-electron chi connectivity index (χ3n) is 2.75. The monoisotopic (exact) mass is 265 g/mol. The zero-order valence-electron chi connectivity index (χ0n) is 11.8. The zero-order valence-corrected chi connectivity index (χ0v) is 14.8. The standard InChI is InChI=1S/C9H27NO2Si3/c1-11-14(6,7)10(13(3,4)5)15(8,9)12-2/h1-9H3. The highest BCUT2D eigenvalue weighted by molar-refractivity contribution is 7.00. The molecule has 0 rings (SSSR count). The van der Waals surface area contributed by atoms with Crippen LogP contribution in [0.25, 0.3) is 0 Å². The minimum absolute atomic E-state index is 1.39. The van der Waals surface area contributed by atoms with E-state index in [2.05, 4.69) is 49.7 Å². The summed E-state index contributed by atoms with van der Waals surface area (Å²) in [5.41, 5.74) is 0. The first kappa shape index (κ1) is 15.5. The number of nitrogens with zero attached hydrogens (tertiary/aromatic N) is 1. The minimum Gasteiger partial charge on any atom is -0.407 e. The van der Waals surface area contributed by atoms with Gasteiger partial charge in [0, 0.05) is 14.2 Å². The van der Waals surface area contributed by atoms with Crippen molar-refractivity contribution in [3.05, 3.63) is 0 Å². The van der Waals surface area contributed by atoms with E-state index in [1.54, 1.807) is 0 Å². The molecule has 15 heavy (non-hydrogen) atoms. The maximum Gasteiger partial charge on any atom is 0.253 e. The molecule has 0 bridgehead atoms. The van der Waals surface area contributed by atoms with E-state index in [0.29, 0.717) is 0 Å².